The second-order valence-corrected chi connectivity index (χ2v) is 5.80. The lowest BCUT2D eigenvalue weighted by Crippen LogP contribution is -2.23. The summed E-state index contributed by atoms with van der Waals surface area (Å²) in [6.07, 6.45) is 4.11. The summed E-state index contributed by atoms with van der Waals surface area (Å²) in [5.41, 5.74) is 1.68. The quantitative estimate of drug-likeness (QED) is 0.733. The van der Waals surface area contributed by atoms with Crippen molar-refractivity contribution in [1.29, 1.82) is 0 Å². The highest BCUT2D eigenvalue weighted by atomic mass is 19.1. The van der Waals surface area contributed by atoms with Crippen LogP contribution in [0.4, 0.5) is 4.39 Å². The minimum absolute atomic E-state index is 0.116. The first-order valence-electron chi connectivity index (χ1n) is 8.66. The number of unbranched alkanes of at least 4 members (excludes halogenated alkanes) is 2. The summed E-state index contributed by atoms with van der Waals surface area (Å²) in [7, 11) is 2.19. The zero-order valence-electron chi connectivity index (χ0n) is 15.5. The first-order chi connectivity index (χ1) is 10.5. The minimum Gasteiger partial charge on any atom is -0.292 e. The molecular weight excluding hydrogens is 275 g/mol. The summed E-state index contributed by atoms with van der Waals surface area (Å²) >= 11 is 0. The third-order valence-corrected chi connectivity index (χ3v) is 3.64. The average Bonchev–Trinajstić information content (AvgIpc) is 2.92. The largest absolute Gasteiger partial charge is 0.292 e. The molecule has 3 heteroatoms. The lowest BCUT2D eigenvalue weighted by atomic mass is 10.2. The third-order valence-electron chi connectivity index (χ3n) is 3.64. The maximum absolute atomic E-state index is 12.6. The number of likely N-dealkylation sites (N-methyl/N-ethyl adjacent to an activating group) is 1. The number of hydrogen-bond donors (Lipinski definition) is 0. The van der Waals surface area contributed by atoms with Gasteiger partial charge in [-0.25, -0.2) is 4.39 Å². The molecule has 1 aliphatic heterocycles. The van der Waals surface area contributed by atoms with Crippen LogP contribution in [0.5, 0.6) is 0 Å². The molecule has 1 aromatic carbocycles. The number of hydrogen-bond acceptors (Lipinski definition) is 2. The van der Waals surface area contributed by atoms with Crippen molar-refractivity contribution in [2.75, 3.05) is 33.4 Å². The van der Waals surface area contributed by atoms with Crippen molar-refractivity contribution in [3.05, 3.63) is 35.1 Å². The van der Waals surface area contributed by atoms with Crippen LogP contribution in [0.3, 0.4) is 0 Å². The van der Waals surface area contributed by atoms with Crippen LogP contribution in [0.1, 0.15) is 51.2 Å². The van der Waals surface area contributed by atoms with E-state index in [9.17, 15) is 4.39 Å². The van der Waals surface area contributed by atoms with Gasteiger partial charge in [-0.3, -0.25) is 9.80 Å². The molecule has 0 spiro atoms. The van der Waals surface area contributed by atoms with E-state index in [1.165, 1.54) is 51.6 Å². The second kappa shape index (κ2) is 12.6. The fraction of sp³-hybridized carbons (Fsp3) is 0.684. The summed E-state index contributed by atoms with van der Waals surface area (Å²) in [5.74, 6) is -0.116. The molecule has 1 heterocycles. The molecule has 0 N–H and O–H groups in total. The van der Waals surface area contributed by atoms with Crippen LogP contribution >= 0.6 is 0 Å². The maximum atomic E-state index is 12.6. The Bertz CT molecular complexity index is 393. The van der Waals surface area contributed by atoms with Gasteiger partial charge in [-0.15, -0.1) is 0 Å². The molecule has 0 saturated carbocycles. The van der Waals surface area contributed by atoms with Crippen molar-refractivity contribution in [3.8, 4) is 0 Å². The van der Waals surface area contributed by atoms with Gasteiger partial charge in [0.2, 0.25) is 0 Å². The standard InChI is InChI=1S/C9H20N2.C8H9F.C2H6/c1-3-4-5-6-11-8-7-10(2)9-11;1-6-3-4-7(2)8(9)5-6;1-2/h3-9H2,1-2H3;3-5H,1-2H3;1-2H3. The molecule has 1 saturated heterocycles. The number of nitrogens with zero attached hydrogens (tertiary/aromatic N) is 2. The SMILES string of the molecule is CC.CCCCCN1CCN(C)C1.Cc1ccc(C)c(F)c1. The Balaban J connectivity index is 0.000000366. The molecule has 0 bridgehead atoms. The maximum Gasteiger partial charge on any atom is 0.126 e. The van der Waals surface area contributed by atoms with Gasteiger partial charge in [-0.05, 0) is 51.1 Å². The summed E-state index contributed by atoms with van der Waals surface area (Å²) < 4.78 is 12.6. The van der Waals surface area contributed by atoms with Gasteiger partial charge in [0.05, 0.1) is 6.67 Å². The van der Waals surface area contributed by atoms with E-state index in [0.717, 1.165) is 5.56 Å². The summed E-state index contributed by atoms with van der Waals surface area (Å²) in [4.78, 5) is 4.92. The second-order valence-electron chi connectivity index (χ2n) is 5.80. The van der Waals surface area contributed by atoms with Gasteiger partial charge in [-0.1, -0.05) is 45.7 Å². The third kappa shape index (κ3) is 9.16. The Labute approximate surface area is 137 Å². The molecule has 0 radical (unpaired) electrons. The molecule has 1 aliphatic rings. The van der Waals surface area contributed by atoms with Gasteiger partial charge in [0.1, 0.15) is 5.82 Å². The van der Waals surface area contributed by atoms with E-state index in [-0.39, 0.29) is 5.82 Å². The van der Waals surface area contributed by atoms with E-state index in [4.69, 9.17) is 0 Å². The van der Waals surface area contributed by atoms with Crippen LogP contribution < -0.4 is 0 Å². The van der Waals surface area contributed by atoms with Gasteiger partial charge in [0, 0.05) is 13.1 Å². The van der Waals surface area contributed by atoms with E-state index >= 15 is 0 Å². The van der Waals surface area contributed by atoms with E-state index in [1.54, 1.807) is 13.0 Å². The van der Waals surface area contributed by atoms with Crippen molar-refractivity contribution in [2.45, 2.75) is 53.9 Å². The van der Waals surface area contributed by atoms with Crippen LogP contribution in [0, 0.1) is 19.7 Å². The molecule has 1 aromatic rings. The molecule has 0 unspecified atom stereocenters. The van der Waals surface area contributed by atoms with Crippen molar-refractivity contribution in [3.63, 3.8) is 0 Å². The van der Waals surface area contributed by atoms with Crippen molar-refractivity contribution < 1.29 is 4.39 Å². The highest BCUT2D eigenvalue weighted by Gasteiger charge is 2.14. The first kappa shape index (κ1) is 21.1. The summed E-state index contributed by atoms with van der Waals surface area (Å²) in [6.45, 7) is 14.9. The van der Waals surface area contributed by atoms with Gasteiger partial charge in [0.25, 0.3) is 0 Å². The van der Waals surface area contributed by atoms with E-state index in [1.807, 2.05) is 26.8 Å². The first-order valence-corrected chi connectivity index (χ1v) is 8.66. The predicted molar refractivity (Wildman–Crippen MR) is 95.8 cm³/mol. The number of aryl methyl sites for hydroxylation is 2. The van der Waals surface area contributed by atoms with Crippen LogP contribution in [0.25, 0.3) is 0 Å². The highest BCUT2D eigenvalue weighted by molar-refractivity contribution is 5.21. The molecule has 0 atom stereocenters. The van der Waals surface area contributed by atoms with Crippen LogP contribution in [0.2, 0.25) is 0 Å². The fourth-order valence-corrected chi connectivity index (χ4v) is 2.26. The predicted octanol–water partition coefficient (Wildman–Crippen LogP) is 4.85. The minimum atomic E-state index is -0.116. The molecule has 0 aliphatic carbocycles. The Morgan fingerprint density at radius 1 is 1.09 bits per heavy atom. The highest BCUT2D eigenvalue weighted by Crippen LogP contribution is 2.07. The van der Waals surface area contributed by atoms with Crippen LogP contribution in [0.15, 0.2) is 18.2 Å². The Hall–Kier alpha value is -0.930. The zero-order chi connectivity index (χ0) is 17.0. The molecule has 128 valence electrons. The molecule has 22 heavy (non-hydrogen) atoms. The van der Waals surface area contributed by atoms with Crippen molar-refractivity contribution >= 4 is 0 Å². The topological polar surface area (TPSA) is 6.48 Å². The zero-order valence-corrected chi connectivity index (χ0v) is 15.5. The molecular formula is C19H35FN2. The Morgan fingerprint density at radius 2 is 1.77 bits per heavy atom. The van der Waals surface area contributed by atoms with E-state index in [0.29, 0.717) is 5.56 Å². The van der Waals surface area contributed by atoms with Crippen LogP contribution in [-0.4, -0.2) is 43.2 Å². The van der Waals surface area contributed by atoms with Crippen molar-refractivity contribution in [2.24, 2.45) is 0 Å². The van der Waals surface area contributed by atoms with Gasteiger partial charge < -0.3 is 0 Å². The molecule has 2 rings (SSSR count). The van der Waals surface area contributed by atoms with E-state index in [2.05, 4.69) is 23.8 Å². The average molecular weight is 311 g/mol. The number of halogens is 1. The lowest BCUT2D eigenvalue weighted by molar-refractivity contribution is 0.270. The van der Waals surface area contributed by atoms with Crippen molar-refractivity contribution in [1.82, 2.24) is 9.80 Å². The lowest BCUT2D eigenvalue weighted by Gasteiger charge is -2.14. The summed E-state index contributed by atoms with van der Waals surface area (Å²) in [6, 6.07) is 5.22. The Morgan fingerprint density at radius 3 is 2.23 bits per heavy atom. The fourth-order valence-electron chi connectivity index (χ4n) is 2.26. The number of benzene rings is 1. The monoisotopic (exact) mass is 310 g/mol. The van der Waals surface area contributed by atoms with E-state index < -0.39 is 0 Å². The van der Waals surface area contributed by atoms with Gasteiger partial charge >= 0.3 is 0 Å². The number of rotatable bonds is 4. The Kier molecular flexibility index (Phi) is 12.1. The normalized spacial score (nSPS) is 14.9. The molecule has 2 nitrogen and oxygen atoms in total. The van der Waals surface area contributed by atoms with Gasteiger partial charge in [-0.2, -0.15) is 0 Å². The molecule has 0 amide bonds. The summed E-state index contributed by atoms with van der Waals surface area (Å²) in [5, 5.41) is 0. The van der Waals surface area contributed by atoms with Crippen LogP contribution in [-0.2, 0) is 0 Å². The molecule has 0 aromatic heterocycles. The smallest absolute Gasteiger partial charge is 0.126 e. The van der Waals surface area contributed by atoms with Gasteiger partial charge in [0.15, 0.2) is 0 Å². The molecule has 1 fully saturated rings.